The average Bonchev–Trinajstić information content (AvgIpc) is 2.64. The second-order valence-corrected chi connectivity index (χ2v) is 8.70. The quantitative estimate of drug-likeness (QED) is 0.877. The summed E-state index contributed by atoms with van der Waals surface area (Å²) in [6, 6.07) is 16.8. The molecule has 1 aliphatic rings. The maximum absolute atomic E-state index is 12.8. The van der Waals surface area contributed by atoms with Crippen LogP contribution in [-0.4, -0.2) is 31.7 Å². The van der Waals surface area contributed by atoms with E-state index in [-0.39, 0.29) is 24.1 Å². The molecule has 1 heterocycles. The van der Waals surface area contributed by atoms with Gasteiger partial charge in [0, 0.05) is 18.8 Å². The smallest absolute Gasteiger partial charge is 0.228 e. The number of anilines is 1. The predicted octanol–water partition coefficient (Wildman–Crippen LogP) is 3.18. The number of carbonyl (C=O) groups excluding carboxylic acids is 1. The third kappa shape index (κ3) is 4.51. The lowest BCUT2D eigenvalue weighted by Crippen LogP contribution is -2.44. The van der Waals surface area contributed by atoms with Crippen LogP contribution >= 0.6 is 0 Å². The number of benzene rings is 2. The van der Waals surface area contributed by atoms with Gasteiger partial charge in [-0.2, -0.15) is 0 Å². The number of piperidine rings is 1. The van der Waals surface area contributed by atoms with Crippen molar-refractivity contribution in [3.63, 3.8) is 0 Å². The van der Waals surface area contributed by atoms with Gasteiger partial charge in [-0.3, -0.25) is 4.79 Å². The standard InChI is InChI=1S/C20H24N2O3S/c1-16-8-5-6-9-18(16)15-26(24,25)22-13-7-10-17(14-22)20(23)21-19-11-3-2-4-12-19/h2-6,8-9,11-12,17H,7,10,13-15H2,1H3,(H,21,23)/t17-/m0/s1. The molecule has 2 aromatic rings. The Labute approximate surface area is 155 Å². The molecule has 138 valence electrons. The highest BCUT2D eigenvalue weighted by molar-refractivity contribution is 7.88. The molecule has 1 atom stereocenters. The van der Waals surface area contributed by atoms with Crippen molar-refractivity contribution in [1.82, 2.24) is 4.31 Å². The molecule has 0 bridgehead atoms. The van der Waals surface area contributed by atoms with E-state index in [0.29, 0.717) is 19.4 Å². The Kier molecular flexibility index (Phi) is 5.74. The fourth-order valence-corrected chi connectivity index (χ4v) is 4.95. The van der Waals surface area contributed by atoms with Crippen LogP contribution in [0.2, 0.25) is 0 Å². The van der Waals surface area contributed by atoms with Crippen molar-refractivity contribution in [3.8, 4) is 0 Å². The summed E-state index contributed by atoms with van der Waals surface area (Å²) in [5.41, 5.74) is 2.51. The Bertz CT molecular complexity index is 866. The first-order valence-corrected chi connectivity index (χ1v) is 10.4. The highest BCUT2D eigenvalue weighted by Gasteiger charge is 2.32. The molecule has 0 spiro atoms. The number of nitrogens with zero attached hydrogens (tertiary/aromatic N) is 1. The Morgan fingerprint density at radius 3 is 2.54 bits per heavy atom. The van der Waals surface area contributed by atoms with Crippen molar-refractivity contribution in [3.05, 3.63) is 65.7 Å². The molecule has 3 rings (SSSR count). The minimum Gasteiger partial charge on any atom is -0.326 e. The predicted molar refractivity (Wildman–Crippen MR) is 103 cm³/mol. The summed E-state index contributed by atoms with van der Waals surface area (Å²) in [5.74, 6) is -0.463. The summed E-state index contributed by atoms with van der Waals surface area (Å²) in [6.07, 6.45) is 1.40. The van der Waals surface area contributed by atoms with E-state index in [4.69, 9.17) is 0 Å². The summed E-state index contributed by atoms with van der Waals surface area (Å²) in [5, 5.41) is 2.88. The fraction of sp³-hybridized carbons (Fsp3) is 0.350. The van der Waals surface area contributed by atoms with Crippen molar-refractivity contribution >= 4 is 21.6 Å². The van der Waals surface area contributed by atoms with E-state index in [2.05, 4.69) is 5.32 Å². The summed E-state index contributed by atoms with van der Waals surface area (Å²) in [6.45, 7) is 2.63. The van der Waals surface area contributed by atoms with Crippen molar-refractivity contribution in [2.45, 2.75) is 25.5 Å². The molecular formula is C20H24N2O3S. The normalized spacial score (nSPS) is 18.4. The van der Waals surface area contributed by atoms with E-state index in [1.807, 2.05) is 61.5 Å². The largest absolute Gasteiger partial charge is 0.326 e. The highest BCUT2D eigenvalue weighted by atomic mass is 32.2. The molecule has 0 aliphatic carbocycles. The molecule has 0 radical (unpaired) electrons. The molecule has 1 saturated heterocycles. The lowest BCUT2D eigenvalue weighted by atomic mass is 9.99. The van der Waals surface area contributed by atoms with Crippen LogP contribution < -0.4 is 5.32 Å². The maximum atomic E-state index is 12.8. The van der Waals surface area contributed by atoms with Crippen molar-refractivity contribution < 1.29 is 13.2 Å². The second-order valence-electron chi connectivity index (χ2n) is 6.74. The molecule has 26 heavy (non-hydrogen) atoms. The Hall–Kier alpha value is -2.18. The molecule has 1 N–H and O–H groups in total. The van der Waals surface area contributed by atoms with Gasteiger partial charge in [0.1, 0.15) is 0 Å². The number of hydrogen-bond donors (Lipinski definition) is 1. The molecular weight excluding hydrogens is 348 g/mol. The van der Waals surface area contributed by atoms with E-state index in [0.717, 1.165) is 16.8 Å². The van der Waals surface area contributed by atoms with Crippen LogP contribution in [0.4, 0.5) is 5.69 Å². The van der Waals surface area contributed by atoms with Crippen LogP contribution in [0.5, 0.6) is 0 Å². The molecule has 0 saturated carbocycles. The molecule has 0 aromatic heterocycles. The van der Waals surface area contributed by atoms with Gasteiger partial charge in [-0.25, -0.2) is 12.7 Å². The zero-order valence-corrected chi connectivity index (χ0v) is 15.7. The van der Waals surface area contributed by atoms with Gasteiger partial charge < -0.3 is 5.32 Å². The summed E-state index contributed by atoms with van der Waals surface area (Å²) in [7, 11) is -3.44. The topological polar surface area (TPSA) is 66.5 Å². The van der Waals surface area contributed by atoms with Crippen LogP contribution in [0.1, 0.15) is 24.0 Å². The first-order valence-electron chi connectivity index (χ1n) is 8.84. The van der Waals surface area contributed by atoms with Crippen LogP contribution in [0.3, 0.4) is 0 Å². The van der Waals surface area contributed by atoms with Gasteiger partial charge in [-0.05, 0) is 43.0 Å². The van der Waals surface area contributed by atoms with Gasteiger partial charge in [0.2, 0.25) is 15.9 Å². The molecule has 1 amide bonds. The zero-order valence-electron chi connectivity index (χ0n) is 14.9. The van der Waals surface area contributed by atoms with E-state index in [1.54, 1.807) is 0 Å². The molecule has 0 unspecified atom stereocenters. The van der Waals surface area contributed by atoms with Gasteiger partial charge in [-0.15, -0.1) is 0 Å². The van der Waals surface area contributed by atoms with Crippen molar-refractivity contribution in [1.29, 1.82) is 0 Å². The summed E-state index contributed by atoms with van der Waals surface area (Å²) >= 11 is 0. The van der Waals surface area contributed by atoms with E-state index < -0.39 is 10.0 Å². The Morgan fingerprint density at radius 2 is 1.81 bits per heavy atom. The fourth-order valence-electron chi connectivity index (χ4n) is 3.23. The Balaban J connectivity index is 1.67. The van der Waals surface area contributed by atoms with Crippen LogP contribution in [-0.2, 0) is 20.6 Å². The first-order chi connectivity index (χ1) is 12.5. The minimum atomic E-state index is -3.44. The van der Waals surface area contributed by atoms with Crippen LogP contribution in [0.25, 0.3) is 0 Å². The van der Waals surface area contributed by atoms with Gasteiger partial charge in [0.05, 0.1) is 11.7 Å². The number of carbonyl (C=O) groups is 1. The zero-order chi connectivity index (χ0) is 18.6. The number of para-hydroxylation sites is 1. The van der Waals surface area contributed by atoms with E-state index in [9.17, 15) is 13.2 Å². The van der Waals surface area contributed by atoms with Gasteiger partial charge >= 0.3 is 0 Å². The van der Waals surface area contributed by atoms with E-state index in [1.165, 1.54) is 4.31 Å². The third-order valence-corrected chi connectivity index (χ3v) is 6.58. The van der Waals surface area contributed by atoms with Crippen molar-refractivity contribution in [2.75, 3.05) is 18.4 Å². The third-order valence-electron chi connectivity index (χ3n) is 4.79. The lowest BCUT2D eigenvalue weighted by molar-refractivity contribution is -0.120. The maximum Gasteiger partial charge on any atom is 0.228 e. The number of amides is 1. The molecule has 5 nitrogen and oxygen atoms in total. The van der Waals surface area contributed by atoms with Crippen molar-refractivity contribution in [2.24, 2.45) is 5.92 Å². The second kappa shape index (κ2) is 8.01. The molecule has 6 heteroatoms. The number of rotatable bonds is 5. The SMILES string of the molecule is Cc1ccccc1CS(=O)(=O)N1CCC[C@H](C(=O)Nc2ccccc2)C1. The molecule has 1 aliphatic heterocycles. The highest BCUT2D eigenvalue weighted by Crippen LogP contribution is 2.23. The van der Waals surface area contributed by atoms with Crippen LogP contribution in [0.15, 0.2) is 54.6 Å². The number of hydrogen-bond acceptors (Lipinski definition) is 3. The monoisotopic (exact) mass is 372 g/mol. The van der Waals surface area contributed by atoms with Gasteiger partial charge in [0.15, 0.2) is 0 Å². The van der Waals surface area contributed by atoms with Crippen LogP contribution in [0, 0.1) is 12.8 Å². The van der Waals surface area contributed by atoms with Gasteiger partial charge in [0.25, 0.3) is 0 Å². The molecule has 1 fully saturated rings. The summed E-state index contributed by atoms with van der Waals surface area (Å²) in [4.78, 5) is 12.5. The van der Waals surface area contributed by atoms with E-state index >= 15 is 0 Å². The lowest BCUT2D eigenvalue weighted by Gasteiger charge is -2.31. The molecule has 2 aromatic carbocycles. The number of nitrogens with one attached hydrogen (secondary N) is 1. The first kappa shape index (κ1) is 18.6. The Morgan fingerprint density at radius 1 is 1.12 bits per heavy atom. The number of aryl methyl sites for hydroxylation is 1. The average molecular weight is 372 g/mol. The number of sulfonamides is 1. The summed E-state index contributed by atoms with van der Waals surface area (Å²) < 4.78 is 27.1. The van der Waals surface area contributed by atoms with Gasteiger partial charge in [-0.1, -0.05) is 42.5 Å². The minimum absolute atomic E-state index is 0.0211.